The van der Waals surface area contributed by atoms with Crippen LogP contribution in [-0.4, -0.2) is 46.0 Å². The van der Waals surface area contributed by atoms with Gasteiger partial charge in [-0.3, -0.25) is 0 Å². The molecular weight excluding hydrogens is 308 g/mol. The van der Waals surface area contributed by atoms with Gasteiger partial charge in [0.2, 0.25) is 5.95 Å². The molecular formula is C17H22N4O3. The molecule has 0 spiro atoms. The maximum Gasteiger partial charge on any atom is 0.225 e. The lowest BCUT2D eigenvalue weighted by Crippen LogP contribution is -2.39. The molecule has 2 fully saturated rings. The highest BCUT2D eigenvalue weighted by Gasteiger charge is 2.27. The summed E-state index contributed by atoms with van der Waals surface area (Å²) in [4.78, 5) is 11.3. The number of β-amino-alcohol motifs (C(OH)–C–C–N with tert-alkyl or cyclic N) is 1. The van der Waals surface area contributed by atoms with Crippen LogP contribution in [0.3, 0.4) is 0 Å². The van der Waals surface area contributed by atoms with E-state index in [1.807, 2.05) is 17.9 Å². The lowest BCUT2D eigenvalue weighted by atomic mass is 10.1. The fraction of sp³-hybridized carbons (Fsp3) is 0.588. The van der Waals surface area contributed by atoms with E-state index < -0.39 is 0 Å². The first-order chi connectivity index (χ1) is 11.7. The number of aliphatic hydroxyl groups excluding tert-OH is 1. The summed E-state index contributed by atoms with van der Waals surface area (Å²) in [6.45, 7) is 4.08. The van der Waals surface area contributed by atoms with Crippen LogP contribution in [0.15, 0.2) is 16.8 Å². The number of aryl methyl sites for hydroxylation is 1. The quantitative estimate of drug-likeness (QED) is 0.924. The van der Waals surface area contributed by atoms with Crippen LogP contribution in [0.25, 0.3) is 11.3 Å². The third kappa shape index (κ3) is 3.01. The molecule has 2 aromatic heterocycles. The van der Waals surface area contributed by atoms with E-state index in [0.29, 0.717) is 18.3 Å². The molecule has 2 atom stereocenters. The van der Waals surface area contributed by atoms with Gasteiger partial charge in [-0.1, -0.05) is 5.16 Å². The first kappa shape index (κ1) is 15.5. The second-order valence-corrected chi connectivity index (χ2v) is 6.55. The molecule has 2 saturated heterocycles. The fourth-order valence-electron chi connectivity index (χ4n) is 3.39. The highest BCUT2D eigenvalue weighted by atomic mass is 16.5. The summed E-state index contributed by atoms with van der Waals surface area (Å²) in [5.74, 6) is 1.32. The number of hydrogen-bond acceptors (Lipinski definition) is 7. The summed E-state index contributed by atoms with van der Waals surface area (Å²) in [5.41, 5.74) is 2.52. The van der Waals surface area contributed by atoms with Gasteiger partial charge in [-0.05, 0) is 32.6 Å². The van der Waals surface area contributed by atoms with Gasteiger partial charge in [0.1, 0.15) is 6.10 Å². The Morgan fingerprint density at radius 2 is 2.21 bits per heavy atom. The largest absolute Gasteiger partial charge is 0.391 e. The normalized spacial score (nSPS) is 24.5. The van der Waals surface area contributed by atoms with E-state index >= 15 is 0 Å². The first-order valence-corrected chi connectivity index (χ1v) is 8.56. The maximum absolute atomic E-state index is 9.91. The minimum atomic E-state index is -0.315. The zero-order chi connectivity index (χ0) is 16.5. The number of piperidine rings is 1. The molecule has 24 heavy (non-hydrogen) atoms. The molecule has 4 heterocycles. The highest BCUT2D eigenvalue weighted by molar-refractivity contribution is 5.61. The van der Waals surface area contributed by atoms with Gasteiger partial charge in [-0.15, -0.1) is 0 Å². The van der Waals surface area contributed by atoms with Gasteiger partial charge in [-0.25, -0.2) is 9.97 Å². The molecule has 4 rings (SSSR count). The number of anilines is 1. The van der Waals surface area contributed by atoms with Gasteiger partial charge in [0.05, 0.1) is 23.1 Å². The van der Waals surface area contributed by atoms with Crippen LogP contribution in [-0.2, 0) is 4.74 Å². The van der Waals surface area contributed by atoms with E-state index in [-0.39, 0.29) is 12.2 Å². The number of rotatable bonds is 3. The van der Waals surface area contributed by atoms with Crippen molar-refractivity contribution in [3.8, 4) is 11.3 Å². The van der Waals surface area contributed by atoms with Crippen LogP contribution >= 0.6 is 0 Å². The van der Waals surface area contributed by atoms with Gasteiger partial charge in [0.15, 0.2) is 5.76 Å². The number of aliphatic hydroxyl groups is 1. The Morgan fingerprint density at radius 3 is 2.92 bits per heavy atom. The second kappa shape index (κ2) is 6.49. The Morgan fingerprint density at radius 1 is 1.29 bits per heavy atom. The van der Waals surface area contributed by atoms with E-state index in [0.717, 1.165) is 55.8 Å². The Kier molecular flexibility index (Phi) is 4.20. The molecule has 0 aliphatic carbocycles. The van der Waals surface area contributed by atoms with Crippen molar-refractivity contribution in [1.29, 1.82) is 0 Å². The molecule has 0 bridgehead atoms. The fourth-order valence-corrected chi connectivity index (χ4v) is 3.39. The molecule has 7 nitrogen and oxygen atoms in total. The van der Waals surface area contributed by atoms with Crippen LogP contribution < -0.4 is 4.90 Å². The summed E-state index contributed by atoms with van der Waals surface area (Å²) in [5, 5.41) is 13.9. The summed E-state index contributed by atoms with van der Waals surface area (Å²) >= 11 is 0. The van der Waals surface area contributed by atoms with Crippen molar-refractivity contribution in [1.82, 2.24) is 15.1 Å². The Labute approximate surface area is 140 Å². The third-order valence-electron chi connectivity index (χ3n) is 4.61. The van der Waals surface area contributed by atoms with Crippen LogP contribution in [0.2, 0.25) is 0 Å². The van der Waals surface area contributed by atoms with Crippen LogP contribution in [0.5, 0.6) is 0 Å². The van der Waals surface area contributed by atoms with E-state index in [4.69, 9.17) is 14.2 Å². The molecule has 1 unspecified atom stereocenters. The highest BCUT2D eigenvalue weighted by Crippen LogP contribution is 2.35. The average molecular weight is 330 g/mol. The number of nitrogens with zero attached hydrogens (tertiary/aromatic N) is 4. The lowest BCUT2D eigenvalue weighted by Gasteiger charge is -2.30. The van der Waals surface area contributed by atoms with Crippen LogP contribution in [0, 0.1) is 6.92 Å². The Balaban J connectivity index is 1.71. The zero-order valence-electron chi connectivity index (χ0n) is 13.8. The smallest absolute Gasteiger partial charge is 0.225 e. The van der Waals surface area contributed by atoms with Crippen molar-refractivity contribution in [2.75, 3.05) is 24.6 Å². The molecule has 2 aromatic rings. The molecule has 0 radical (unpaired) electrons. The predicted octanol–water partition coefficient (Wildman–Crippen LogP) is 2.25. The monoisotopic (exact) mass is 330 g/mol. The SMILES string of the molecule is Cc1cc(-c2cnc(N3CCCC(O)C3)nc2[C@H]2CCCO2)on1. The van der Waals surface area contributed by atoms with Gasteiger partial charge in [0, 0.05) is 32.0 Å². The van der Waals surface area contributed by atoms with Crippen molar-refractivity contribution in [3.63, 3.8) is 0 Å². The minimum absolute atomic E-state index is 0.0399. The van der Waals surface area contributed by atoms with Crippen molar-refractivity contribution in [3.05, 3.63) is 23.7 Å². The maximum atomic E-state index is 9.91. The van der Waals surface area contributed by atoms with Gasteiger partial charge < -0.3 is 19.3 Å². The molecule has 2 aliphatic rings. The Bertz CT molecular complexity index is 712. The minimum Gasteiger partial charge on any atom is -0.391 e. The number of hydrogen-bond donors (Lipinski definition) is 1. The summed E-state index contributed by atoms with van der Waals surface area (Å²) < 4.78 is 11.3. The second-order valence-electron chi connectivity index (χ2n) is 6.55. The first-order valence-electron chi connectivity index (χ1n) is 8.56. The zero-order valence-corrected chi connectivity index (χ0v) is 13.8. The van der Waals surface area contributed by atoms with Gasteiger partial charge >= 0.3 is 0 Å². The Hall–Kier alpha value is -1.99. The van der Waals surface area contributed by atoms with Crippen molar-refractivity contribution >= 4 is 5.95 Å². The van der Waals surface area contributed by atoms with Gasteiger partial charge in [-0.2, -0.15) is 0 Å². The van der Waals surface area contributed by atoms with E-state index in [2.05, 4.69) is 10.1 Å². The van der Waals surface area contributed by atoms with Crippen LogP contribution in [0.1, 0.15) is 43.2 Å². The van der Waals surface area contributed by atoms with E-state index in [9.17, 15) is 5.11 Å². The molecule has 0 amide bonds. The average Bonchev–Trinajstić information content (AvgIpc) is 3.26. The summed E-state index contributed by atoms with van der Waals surface area (Å²) in [7, 11) is 0. The predicted molar refractivity (Wildman–Crippen MR) is 87.6 cm³/mol. The van der Waals surface area contributed by atoms with Gasteiger partial charge in [0.25, 0.3) is 0 Å². The standard InChI is InChI=1S/C17H22N4O3/c1-11-8-15(24-20-11)13-9-18-17(21-6-2-4-12(22)10-21)19-16(13)14-5-3-7-23-14/h8-9,12,14,22H,2-7,10H2,1H3/t12?,14-/m1/s1. The molecule has 0 saturated carbocycles. The lowest BCUT2D eigenvalue weighted by molar-refractivity contribution is 0.109. The molecule has 7 heteroatoms. The molecule has 2 aliphatic heterocycles. The van der Waals surface area contributed by atoms with E-state index in [1.165, 1.54) is 0 Å². The van der Waals surface area contributed by atoms with Crippen molar-refractivity contribution in [2.24, 2.45) is 0 Å². The molecule has 128 valence electrons. The molecule has 1 N–H and O–H groups in total. The topological polar surface area (TPSA) is 84.5 Å². The van der Waals surface area contributed by atoms with Crippen molar-refractivity contribution < 1.29 is 14.4 Å². The summed E-state index contributed by atoms with van der Waals surface area (Å²) in [6, 6.07) is 1.89. The van der Waals surface area contributed by atoms with Crippen molar-refractivity contribution in [2.45, 2.75) is 44.8 Å². The summed E-state index contributed by atoms with van der Waals surface area (Å²) in [6.07, 6.45) is 5.20. The third-order valence-corrected chi connectivity index (χ3v) is 4.61. The number of aromatic nitrogens is 3. The number of ether oxygens (including phenoxy) is 1. The van der Waals surface area contributed by atoms with Crippen LogP contribution in [0.4, 0.5) is 5.95 Å². The molecule has 0 aromatic carbocycles. The van der Waals surface area contributed by atoms with E-state index in [1.54, 1.807) is 6.20 Å².